The predicted octanol–water partition coefficient (Wildman–Crippen LogP) is 7.13. The van der Waals surface area contributed by atoms with Gasteiger partial charge in [-0.25, -0.2) is 0 Å². The molecule has 0 aliphatic carbocycles. The number of hydrogen-bond acceptors (Lipinski definition) is 3. The van der Waals surface area contributed by atoms with Gasteiger partial charge in [0.15, 0.2) is 0 Å². The summed E-state index contributed by atoms with van der Waals surface area (Å²) in [6.45, 7) is 3.68. The van der Waals surface area contributed by atoms with Crippen LogP contribution < -0.4 is 4.90 Å². The average molecular weight is 574 g/mol. The summed E-state index contributed by atoms with van der Waals surface area (Å²) >= 11 is 0. The van der Waals surface area contributed by atoms with Crippen molar-refractivity contribution < 1.29 is 35.9 Å². The summed E-state index contributed by atoms with van der Waals surface area (Å²) in [6.07, 6.45) is -6.71. The maximum absolute atomic E-state index is 14.1. The second-order valence-corrected chi connectivity index (χ2v) is 10.3. The standard InChI is InChI=1S/C30H25F6N3O2/c1-18-6-3-4-8-24(18)25-19(2)39(23-7-5-11-37-17-23)27(41)28(25)9-12-38(13-10-28)26(40)20-14-21(29(31,32)33)16-22(15-20)30(34,35)36/h3-8,11,14-17H,9-10,12-13H2,1-2H3. The zero-order valence-electron chi connectivity index (χ0n) is 22.1. The number of carbonyl (C=O) groups is 2. The molecule has 0 bridgehead atoms. The highest BCUT2D eigenvalue weighted by atomic mass is 19.4. The molecule has 2 aliphatic heterocycles. The first-order valence-electron chi connectivity index (χ1n) is 12.8. The smallest absolute Gasteiger partial charge is 0.339 e. The van der Waals surface area contributed by atoms with E-state index in [2.05, 4.69) is 4.98 Å². The van der Waals surface area contributed by atoms with Crippen LogP contribution in [-0.4, -0.2) is 34.8 Å². The highest BCUT2D eigenvalue weighted by Crippen LogP contribution is 2.54. The molecule has 1 saturated heterocycles. The Balaban J connectivity index is 1.51. The van der Waals surface area contributed by atoms with Crippen molar-refractivity contribution in [1.29, 1.82) is 0 Å². The van der Waals surface area contributed by atoms with Gasteiger partial charge in [0.1, 0.15) is 0 Å². The first kappa shape index (κ1) is 28.4. The van der Waals surface area contributed by atoms with Crippen LogP contribution in [0.1, 0.15) is 52.4 Å². The highest BCUT2D eigenvalue weighted by Gasteiger charge is 2.54. The van der Waals surface area contributed by atoms with Crippen molar-refractivity contribution >= 4 is 23.1 Å². The Morgan fingerprint density at radius 2 is 1.49 bits per heavy atom. The molecular formula is C30H25F6N3O2. The van der Waals surface area contributed by atoms with Crippen LogP contribution in [0.4, 0.5) is 32.0 Å². The third kappa shape index (κ3) is 4.98. The number of anilines is 1. The van der Waals surface area contributed by atoms with E-state index in [4.69, 9.17) is 0 Å². The molecule has 214 valence electrons. The molecule has 0 atom stereocenters. The molecule has 5 nitrogen and oxygen atoms in total. The quantitative estimate of drug-likeness (QED) is 0.314. The van der Waals surface area contributed by atoms with E-state index in [0.29, 0.717) is 23.5 Å². The van der Waals surface area contributed by atoms with Crippen LogP contribution in [0.5, 0.6) is 0 Å². The Labute approximate surface area is 232 Å². The van der Waals surface area contributed by atoms with E-state index < -0.39 is 40.4 Å². The number of alkyl halides is 6. The van der Waals surface area contributed by atoms with Gasteiger partial charge < -0.3 is 4.90 Å². The zero-order valence-corrected chi connectivity index (χ0v) is 22.1. The number of carbonyl (C=O) groups excluding carboxylic acids is 2. The van der Waals surface area contributed by atoms with Gasteiger partial charge in [-0.05, 0) is 73.7 Å². The Kier molecular flexibility index (Phi) is 6.95. The van der Waals surface area contributed by atoms with E-state index in [1.807, 2.05) is 38.1 Å². The largest absolute Gasteiger partial charge is 0.416 e. The van der Waals surface area contributed by atoms with E-state index in [-0.39, 0.29) is 37.9 Å². The van der Waals surface area contributed by atoms with Crippen LogP contribution in [0.3, 0.4) is 0 Å². The molecule has 11 heteroatoms. The predicted molar refractivity (Wildman–Crippen MR) is 140 cm³/mol. The fourth-order valence-corrected chi connectivity index (χ4v) is 5.85. The molecule has 5 rings (SSSR count). The molecule has 0 unspecified atom stereocenters. The minimum absolute atomic E-state index is 0.00571. The lowest BCUT2D eigenvalue weighted by Crippen LogP contribution is -2.48. The molecule has 0 radical (unpaired) electrons. The van der Waals surface area contributed by atoms with Crippen molar-refractivity contribution in [3.05, 3.63) is 101 Å². The fourth-order valence-electron chi connectivity index (χ4n) is 5.85. The number of aryl methyl sites for hydroxylation is 1. The van der Waals surface area contributed by atoms with Crippen LogP contribution in [0.15, 0.2) is 72.7 Å². The van der Waals surface area contributed by atoms with E-state index in [1.165, 1.54) is 4.90 Å². The Bertz CT molecular complexity index is 1510. The summed E-state index contributed by atoms with van der Waals surface area (Å²) in [7, 11) is 0. The number of halogens is 6. The number of amides is 2. The number of pyridine rings is 1. The maximum Gasteiger partial charge on any atom is 0.416 e. The van der Waals surface area contributed by atoms with Gasteiger partial charge in [0.05, 0.1) is 28.4 Å². The monoisotopic (exact) mass is 573 g/mol. The molecule has 2 aliphatic rings. The molecular weight excluding hydrogens is 548 g/mol. The number of aromatic nitrogens is 1. The summed E-state index contributed by atoms with van der Waals surface area (Å²) in [5.74, 6) is -1.17. The second kappa shape index (κ2) is 10.0. The lowest BCUT2D eigenvalue weighted by atomic mass is 9.70. The highest BCUT2D eigenvalue weighted by molar-refractivity contribution is 6.14. The average Bonchev–Trinajstić information content (AvgIpc) is 3.13. The summed E-state index contributed by atoms with van der Waals surface area (Å²) in [6, 6.07) is 11.9. The van der Waals surface area contributed by atoms with Gasteiger partial charge >= 0.3 is 12.4 Å². The molecule has 1 aromatic heterocycles. The van der Waals surface area contributed by atoms with Crippen molar-refractivity contribution in [3.8, 4) is 0 Å². The van der Waals surface area contributed by atoms with Gasteiger partial charge in [0.2, 0.25) is 5.91 Å². The van der Waals surface area contributed by atoms with Gasteiger partial charge in [0.25, 0.3) is 5.91 Å². The second-order valence-electron chi connectivity index (χ2n) is 10.3. The summed E-state index contributed by atoms with van der Waals surface area (Å²) in [4.78, 5) is 34.4. The molecule has 2 amide bonds. The molecule has 0 saturated carbocycles. The SMILES string of the molecule is CC1=C(c2ccccc2C)C2(CCN(C(=O)c3cc(C(F)(F)F)cc(C(F)(F)F)c3)CC2)C(=O)N1c1cccnc1. The van der Waals surface area contributed by atoms with E-state index in [0.717, 1.165) is 16.7 Å². The topological polar surface area (TPSA) is 53.5 Å². The van der Waals surface area contributed by atoms with E-state index in [1.54, 1.807) is 29.4 Å². The van der Waals surface area contributed by atoms with Gasteiger partial charge in [-0.2, -0.15) is 26.3 Å². The van der Waals surface area contributed by atoms with Crippen LogP contribution in [0, 0.1) is 12.3 Å². The van der Waals surface area contributed by atoms with Crippen molar-refractivity contribution in [1.82, 2.24) is 9.88 Å². The molecule has 1 spiro atoms. The normalized spacial score (nSPS) is 17.5. The van der Waals surface area contributed by atoms with Crippen molar-refractivity contribution in [2.75, 3.05) is 18.0 Å². The first-order chi connectivity index (χ1) is 19.2. The summed E-state index contributed by atoms with van der Waals surface area (Å²) in [5.41, 5.74) is -1.01. The summed E-state index contributed by atoms with van der Waals surface area (Å²) < 4.78 is 80.3. The molecule has 3 heterocycles. The zero-order chi connectivity index (χ0) is 29.7. The van der Waals surface area contributed by atoms with Crippen molar-refractivity contribution in [2.45, 2.75) is 39.0 Å². The molecule has 0 N–H and O–H groups in total. The lowest BCUT2D eigenvalue weighted by Gasteiger charge is -2.40. The van der Waals surface area contributed by atoms with Gasteiger partial charge in [-0.1, -0.05) is 24.3 Å². The Hall–Kier alpha value is -4.15. The number of hydrogen-bond donors (Lipinski definition) is 0. The number of nitrogens with zero attached hydrogens (tertiary/aromatic N) is 3. The van der Waals surface area contributed by atoms with Crippen LogP contribution in [-0.2, 0) is 17.1 Å². The van der Waals surface area contributed by atoms with Crippen molar-refractivity contribution in [3.63, 3.8) is 0 Å². The first-order valence-corrected chi connectivity index (χ1v) is 12.8. The van der Waals surface area contributed by atoms with Crippen LogP contribution >= 0.6 is 0 Å². The number of benzene rings is 2. The fraction of sp³-hybridized carbons (Fsp3) is 0.300. The number of piperidine rings is 1. The van der Waals surface area contributed by atoms with Gasteiger partial charge in [-0.3, -0.25) is 19.5 Å². The van der Waals surface area contributed by atoms with Crippen LogP contribution in [0.2, 0.25) is 0 Å². The maximum atomic E-state index is 14.1. The molecule has 2 aromatic carbocycles. The molecule has 41 heavy (non-hydrogen) atoms. The molecule has 1 fully saturated rings. The number of likely N-dealkylation sites (tertiary alicyclic amines) is 1. The summed E-state index contributed by atoms with van der Waals surface area (Å²) in [5, 5.41) is 0. The number of allylic oxidation sites excluding steroid dienone is 1. The minimum atomic E-state index is -5.07. The van der Waals surface area contributed by atoms with Gasteiger partial charge in [-0.15, -0.1) is 0 Å². The van der Waals surface area contributed by atoms with Gasteiger partial charge in [0, 0.05) is 30.5 Å². The third-order valence-electron chi connectivity index (χ3n) is 7.85. The third-order valence-corrected chi connectivity index (χ3v) is 7.85. The minimum Gasteiger partial charge on any atom is -0.339 e. The molecule has 3 aromatic rings. The van der Waals surface area contributed by atoms with Crippen LogP contribution in [0.25, 0.3) is 5.57 Å². The lowest BCUT2D eigenvalue weighted by molar-refractivity contribution is -0.143. The van der Waals surface area contributed by atoms with E-state index in [9.17, 15) is 35.9 Å². The van der Waals surface area contributed by atoms with E-state index >= 15 is 0 Å². The number of rotatable bonds is 3. The van der Waals surface area contributed by atoms with Crippen molar-refractivity contribution in [2.24, 2.45) is 5.41 Å². The Morgan fingerprint density at radius 3 is 2.02 bits per heavy atom. The Morgan fingerprint density at radius 1 is 0.878 bits per heavy atom.